The number of carbonyl (C=O) groups is 1. The summed E-state index contributed by atoms with van der Waals surface area (Å²) in [5.41, 5.74) is 2.55. The van der Waals surface area contributed by atoms with Crippen LogP contribution in [-0.4, -0.2) is 47.0 Å². The van der Waals surface area contributed by atoms with E-state index in [2.05, 4.69) is 30.4 Å². The third-order valence-electron chi connectivity index (χ3n) is 5.63. The molecule has 0 unspecified atom stereocenters. The van der Waals surface area contributed by atoms with Crippen molar-refractivity contribution in [3.8, 4) is 0 Å². The van der Waals surface area contributed by atoms with Gasteiger partial charge < -0.3 is 14.4 Å². The molecule has 5 nitrogen and oxygen atoms in total. The van der Waals surface area contributed by atoms with Crippen LogP contribution in [0.1, 0.15) is 60.7 Å². The number of aryl methyl sites for hydroxylation is 1. The van der Waals surface area contributed by atoms with Gasteiger partial charge in [0, 0.05) is 24.0 Å². The van der Waals surface area contributed by atoms with Gasteiger partial charge in [0.25, 0.3) is 5.91 Å². The van der Waals surface area contributed by atoms with Gasteiger partial charge in [0.2, 0.25) is 0 Å². The van der Waals surface area contributed by atoms with Gasteiger partial charge in [0.1, 0.15) is 11.5 Å². The summed E-state index contributed by atoms with van der Waals surface area (Å²) in [6.45, 7) is 9.14. The maximum absolute atomic E-state index is 13.4. The quantitative estimate of drug-likeness (QED) is 0.767. The molecule has 1 aromatic heterocycles. The first-order valence-corrected chi connectivity index (χ1v) is 10.1. The molecule has 0 saturated carbocycles. The van der Waals surface area contributed by atoms with E-state index in [0.29, 0.717) is 11.7 Å². The Bertz CT molecular complexity index is 760. The first kappa shape index (κ1) is 19.6. The number of benzene rings is 1. The number of aromatic nitrogens is 2. The van der Waals surface area contributed by atoms with Crippen LogP contribution in [-0.2, 0) is 0 Å². The van der Waals surface area contributed by atoms with Crippen LogP contribution in [0.25, 0.3) is 0 Å². The summed E-state index contributed by atoms with van der Waals surface area (Å²) in [5, 5.41) is 0. The predicted molar refractivity (Wildman–Crippen MR) is 110 cm³/mol. The topological polar surface area (TPSA) is 41.4 Å². The number of likely N-dealkylation sites (tertiary alicyclic amines) is 1. The predicted octanol–water partition coefficient (Wildman–Crippen LogP) is 4.21. The molecule has 1 aliphatic rings. The third kappa shape index (κ3) is 4.24. The Morgan fingerprint density at radius 1 is 1.19 bits per heavy atom. The number of piperidine rings is 1. The van der Waals surface area contributed by atoms with Crippen molar-refractivity contribution in [2.75, 3.05) is 31.6 Å². The second-order valence-electron chi connectivity index (χ2n) is 7.64. The summed E-state index contributed by atoms with van der Waals surface area (Å²) < 4.78 is 2.29. The number of amides is 1. The van der Waals surface area contributed by atoms with Crippen molar-refractivity contribution in [2.24, 2.45) is 0 Å². The molecule has 0 aliphatic carbocycles. The molecule has 2 heterocycles. The minimum atomic E-state index is 0.0157. The molecule has 0 spiro atoms. The van der Waals surface area contributed by atoms with Crippen LogP contribution in [0.4, 0.5) is 5.69 Å². The van der Waals surface area contributed by atoms with E-state index in [1.807, 2.05) is 42.2 Å². The Labute approximate surface area is 163 Å². The standard InChI is InChI=1S/C22H32N4O/c1-5-6-14-25(19-10-8-7-9-11-19)22(27)21-17(2)26(18(3)23-21)20-12-15-24(4)16-13-20/h7-11,20H,5-6,12-16H2,1-4H3. The normalized spacial score (nSPS) is 15.9. The summed E-state index contributed by atoms with van der Waals surface area (Å²) in [4.78, 5) is 22.4. The van der Waals surface area contributed by atoms with E-state index in [0.717, 1.165) is 62.5 Å². The van der Waals surface area contributed by atoms with Crippen molar-refractivity contribution in [3.63, 3.8) is 0 Å². The highest BCUT2D eigenvalue weighted by Crippen LogP contribution is 2.28. The fourth-order valence-electron chi connectivity index (χ4n) is 4.05. The molecule has 27 heavy (non-hydrogen) atoms. The SMILES string of the molecule is CCCCN(C(=O)c1nc(C)n(C2CCN(C)CC2)c1C)c1ccccc1. The average molecular weight is 369 g/mol. The molecule has 1 amide bonds. The lowest BCUT2D eigenvalue weighted by Crippen LogP contribution is -2.33. The molecule has 1 aliphatic heterocycles. The van der Waals surface area contributed by atoms with E-state index in [9.17, 15) is 4.79 Å². The highest BCUT2D eigenvalue weighted by atomic mass is 16.2. The van der Waals surface area contributed by atoms with E-state index >= 15 is 0 Å². The first-order chi connectivity index (χ1) is 13.0. The number of nitrogens with zero attached hydrogens (tertiary/aromatic N) is 4. The molecule has 0 bridgehead atoms. The number of para-hydroxylation sites is 1. The second-order valence-corrected chi connectivity index (χ2v) is 7.64. The lowest BCUT2D eigenvalue weighted by molar-refractivity contribution is 0.0981. The van der Waals surface area contributed by atoms with Gasteiger partial charge in [0.05, 0.1) is 0 Å². The Balaban J connectivity index is 1.90. The number of anilines is 1. The number of rotatable bonds is 6. The maximum Gasteiger partial charge on any atom is 0.278 e. The monoisotopic (exact) mass is 368 g/mol. The number of hydrogen-bond donors (Lipinski definition) is 0. The van der Waals surface area contributed by atoms with Crippen LogP contribution < -0.4 is 4.90 Å². The minimum Gasteiger partial charge on any atom is -0.329 e. The van der Waals surface area contributed by atoms with Crippen LogP contribution in [0.2, 0.25) is 0 Å². The smallest absolute Gasteiger partial charge is 0.278 e. The number of hydrogen-bond acceptors (Lipinski definition) is 3. The van der Waals surface area contributed by atoms with Crippen LogP contribution >= 0.6 is 0 Å². The van der Waals surface area contributed by atoms with E-state index in [4.69, 9.17) is 4.98 Å². The second kappa shape index (κ2) is 8.70. The summed E-state index contributed by atoms with van der Waals surface area (Å²) >= 11 is 0. The Morgan fingerprint density at radius 3 is 2.48 bits per heavy atom. The lowest BCUT2D eigenvalue weighted by atomic mass is 10.0. The molecule has 0 N–H and O–H groups in total. The fraction of sp³-hybridized carbons (Fsp3) is 0.545. The van der Waals surface area contributed by atoms with Crippen molar-refractivity contribution in [3.05, 3.63) is 47.5 Å². The summed E-state index contributed by atoms with van der Waals surface area (Å²) in [6.07, 6.45) is 4.26. The number of unbranched alkanes of at least 4 members (excludes halogenated alkanes) is 1. The van der Waals surface area contributed by atoms with Gasteiger partial charge in [-0.25, -0.2) is 4.98 Å². The highest BCUT2D eigenvalue weighted by molar-refractivity contribution is 6.05. The third-order valence-corrected chi connectivity index (χ3v) is 5.63. The molecule has 1 aromatic carbocycles. The number of carbonyl (C=O) groups excluding carboxylic acids is 1. The summed E-state index contributed by atoms with van der Waals surface area (Å²) in [7, 11) is 2.17. The Morgan fingerprint density at radius 2 is 1.85 bits per heavy atom. The van der Waals surface area contributed by atoms with Crippen molar-refractivity contribution >= 4 is 11.6 Å². The Hall–Kier alpha value is -2.14. The minimum absolute atomic E-state index is 0.0157. The molecule has 0 radical (unpaired) electrons. The van der Waals surface area contributed by atoms with Crippen LogP contribution in [0.15, 0.2) is 30.3 Å². The van der Waals surface area contributed by atoms with Gasteiger partial charge in [0.15, 0.2) is 0 Å². The van der Waals surface area contributed by atoms with Crippen molar-refractivity contribution < 1.29 is 4.79 Å². The molecule has 3 rings (SSSR count). The first-order valence-electron chi connectivity index (χ1n) is 10.1. The molecule has 5 heteroatoms. The molecule has 1 saturated heterocycles. The highest BCUT2D eigenvalue weighted by Gasteiger charge is 2.27. The zero-order valence-electron chi connectivity index (χ0n) is 17.1. The van der Waals surface area contributed by atoms with E-state index in [1.54, 1.807) is 0 Å². The summed E-state index contributed by atoms with van der Waals surface area (Å²) in [5.74, 6) is 0.968. The molecule has 146 valence electrons. The fourth-order valence-corrected chi connectivity index (χ4v) is 4.05. The van der Waals surface area contributed by atoms with E-state index in [-0.39, 0.29) is 5.91 Å². The van der Waals surface area contributed by atoms with Crippen LogP contribution in [0.5, 0.6) is 0 Å². The average Bonchev–Trinajstić information content (AvgIpc) is 2.98. The Kier molecular flexibility index (Phi) is 6.32. The van der Waals surface area contributed by atoms with Crippen molar-refractivity contribution in [1.82, 2.24) is 14.5 Å². The van der Waals surface area contributed by atoms with Crippen LogP contribution in [0.3, 0.4) is 0 Å². The molecule has 0 atom stereocenters. The van der Waals surface area contributed by atoms with Crippen molar-refractivity contribution in [2.45, 2.75) is 52.5 Å². The van der Waals surface area contributed by atoms with Crippen LogP contribution in [0, 0.1) is 13.8 Å². The molecule has 1 fully saturated rings. The maximum atomic E-state index is 13.4. The van der Waals surface area contributed by atoms with Crippen molar-refractivity contribution in [1.29, 1.82) is 0 Å². The lowest BCUT2D eigenvalue weighted by Gasteiger charge is -2.31. The van der Waals surface area contributed by atoms with E-state index in [1.165, 1.54) is 0 Å². The van der Waals surface area contributed by atoms with Gasteiger partial charge in [-0.15, -0.1) is 0 Å². The summed E-state index contributed by atoms with van der Waals surface area (Å²) in [6, 6.07) is 10.4. The zero-order valence-corrected chi connectivity index (χ0v) is 17.1. The molecular weight excluding hydrogens is 336 g/mol. The van der Waals surface area contributed by atoms with E-state index < -0.39 is 0 Å². The van der Waals surface area contributed by atoms with Gasteiger partial charge in [-0.05, 0) is 65.4 Å². The zero-order chi connectivity index (χ0) is 19.4. The largest absolute Gasteiger partial charge is 0.329 e. The molecule has 2 aromatic rings. The van der Waals surface area contributed by atoms with Gasteiger partial charge in [-0.3, -0.25) is 4.79 Å². The molecular formula is C22H32N4O. The van der Waals surface area contributed by atoms with Gasteiger partial charge >= 0.3 is 0 Å². The number of imidazole rings is 1. The van der Waals surface area contributed by atoms with Gasteiger partial charge in [-0.2, -0.15) is 0 Å². The van der Waals surface area contributed by atoms with Gasteiger partial charge in [-0.1, -0.05) is 31.5 Å².